The van der Waals surface area contributed by atoms with Gasteiger partial charge in [0.05, 0.1) is 44.7 Å². The van der Waals surface area contributed by atoms with Crippen LogP contribution in [0.4, 0.5) is 27.6 Å². The van der Waals surface area contributed by atoms with Crippen molar-refractivity contribution in [1.29, 1.82) is 0 Å². The number of hydrogen-bond donors (Lipinski definition) is 0. The van der Waals surface area contributed by atoms with Crippen LogP contribution in [0, 0.1) is 0 Å². The summed E-state index contributed by atoms with van der Waals surface area (Å²) in [5, 5.41) is -0.176. The van der Waals surface area contributed by atoms with Gasteiger partial charge in [0.2, 0.25) is 5.76 Å². The van der Waals surface area contributed by atoms with Crippen LogP contribution in [0.1, 0.15) is 29.0 Å². The first-order chi connectivity index (χ1) is 16.5. The SMILES string of the molecule is COC(=O)c1oc2ccc(C(F)(F)F)cc2c1N(CCCl)CC(F)(F)C1CC2(CCO1)OCCO2. The van der Waals surface area contributed by atoms with E-state index >= 15 is 8.78 Å². The molecule has 0 amide bonds. The number of benzene rings is 1. The summed E-state index contributed by atoms with van der Waals surface area (Å²) in [5.41, 5.74) is -1.40. The van der Waals surface area contributed by atoms with Gasteiger partial charge in [0, 0.05) is 30.7 Å². The van der Waals surface area contributed by atoms with Gasteiger partial charge in [-0.05, 0) is 18.2 Å². The Morgan fingerprint density at radius 2 is 1.91 bits per heavy atom. The van der Waals surface area contributed by atoms with E-state index in [0.29, 0.717) is 6.42 Å². The number of anilines is 1. The van der Waals surface area contributed by atoms with Crippen molar-refractivity contribution in [1.82, 2.24) is 0 Å². The minimum atomic E-state index is -4.71. The number of esters is 1. The van der Waals surface area contributed by atoms with E-state index in [9.17, 15) is 18.0 Å². The molecule has 2 saturated heterocycles. The lowest BCUT2D eigenvalue weighted by atomic mass is 9.97. The molecular formula is C22H23ClF5NO6. The summed E-state index contributed by atoms with van der Waals surface area (Å²) >= 11 is 5.86. The molecule has 0 radical (unpaired) electrons. The summed E-state index contributed by atoms with van der Waals surface area (Å²) in [4.78, 5) is 13.4. The number of nitrogens with zero attached hydrogens (tertiary/aromatic N) is 1. The Hall–Kier alpha value is -2.15. The van der Waals surface area contributed by atoms with Crippen molar-refractivity contribution in [3.05, 3.63) is 29.5 Å². The maximum Gasteiger partial charge on any atom is 0.416 e. The van der Waals surface area contributed by atoms with E-state index < -0.39 is 47.8 Å². The second-order valence-electron chi connectivity index (χ2n) is 8.27. The molecule has 194 valence electrons. The first-order valence-corrected chi connectivity index (χ1v) is 11.3. The number of fused-ring (bicyclic) bond motifs is 1. The van der Waals surface area contributed by atoms with Crippen LogP contribution in [-0.4, -0.2) is 69.7 Å². The van der Waals surface area contributed by atoms with Crippen molar-refractivity contribution in [2.24, 2.45) is 0 Å². The van der Waals surface area contributed by atoms with Crippen LogP contribution in [0.25, 0.3) is 11.0 Å². The second-order valence-corrected chi connectivity index (χ2v) is 8.65. The fraction of sp³-hybridized carbons (Fsp3) is 0.591. The molecule has 2 aliphatic heterocycles. The highest BCUT2D eigenvalue weighted by atomic mass is 35.5. The molecule has 4 rings (SSSR count). The average Bonchev–Trinajstić information content (AvgIpc) is 3.41. The molecule has 2 fully saturated rings. The minimum absolute atomic E-state index is 0.0211. The molecule has 1 aromatic heterocycles. The van der Waals surface area contributed by atoms with E-state index in [1.54, 1.807) is 0 Å². The number of furan rings is 1. The number of carbonyl (C=O) groups is 1. The Morgan fingerprint density at radius 3 is 2.54 bits per heavy atom. The molecule has 0 N–H and O–H groups in total. The van der Waals surface area contributed by atoms with Gasteiger partial charge in [-0.3, -0.25) is 0 Å². The van der Waals surface area contributed by atoms with Gasteiger partial charge in [0.1, 0.15) is 11.7 Å². The van der Waals surface area contributed by atoms with Crippen LogP contribution in [0.15, 0.2) is 22.6 Å². The lowest BCUT2D eigenvalue weighted by molar-refractivity contribution is -0.255. The van der Waals surface area contributed by atoms with Crippen molar-refractivity contribution < 1.29 is 50.1 Å². The summed E-state index contributed by atoms with van der Waals surface area (Å²) in [6.07, 6.45) is -6.24. The molecule has 1 spiro atoms. The van der Waals surface area contributed by atoms with Crippen LogP contribution in [0.3, 0.4) is 0 Å². The van der Waals surface area contributed by atoms with Crippen molar-refractivity contribution in [3.8, 4) is 0 Å². The third-order valence-corrected chi connectivity index (χ3v) is 6.18. The molecule has 13 heteroatoms. The van der Waals surface area contributed by atoms with Crippen LogP contribution in [0.5, 0.6) is 0 Å². The van der Waals surface area contributed by atoms with E-state index in [1.165, 1.54) is 0 Å². The Bertz CT molecular complexity index is 1070. The molecule has 0 aliphatic carbocycles. The van der Waals surface area contributed by atoms with Gasteiger partial charge in [0.15, 0.2) is 5.79 Å². The summed E-state index contributed by atoms with van der Waals surface area (Å²) in [5.74, 6) is -6.39. The molecular weight excluding hydrogens is 505 g/mol. The average molecular weight is 528 g/mol. The molecule has 3 heterocycles. The molecule has 2 aliphatic rings. The van der Waals surface area contributed by atoms with Crippen molar-refractivity contribution in [2.75, 3.05) is 50.8 Å². The zero-order valence-corrected chi connectivity index (χ0v) is 19.4. The van der Waals surface area contributed by atoms with Crippen molar-refractivity contribution >= 4 is 34.2 Å². The Kier molecular flexibility index (Phi) is 7.20. The van der Waals surface area contributed by atoms with Crippen LogP contribution in [-0.2, 0) is 25.1 Å². The van der Waals surface area contributed by atoms with E-state index in [1.807, 2.05) is 0 Å². The number of alkyl halides is 6. The first-order valence-electron chi connectivity index (χ1n) is 10.8. The fourth-order valence-electron chi connectivity index (χ4n) is 4.36. The van der Waals surface area contributed by atoms with Gasteiger partial charge in [-0.15, -0.1) is 11.6 Å². The summed E-state index contributed by atoms with van der Waals surface area (Å²) < 4.78 is 97.8. The minimum Gasteiger partial charge on any atom is -0.463 e. The lowest BCUT2D eigenvalue weighted by Crippen LogP contribution is -2.53. The fourth-order valence-corrected chi connectivity index (χ4v) is 4.57. The second kappa shape index (κ2) is 9.72. The molecule has 1 aromatic carbocycles. The number of halogens is 6. The first kappa shape index (κ1) is 25.9. The number of hydrogen-bond acceptors (Lipinski definition) is 7. The van der Waals surface area contributed by atoms with E-state index in [2.05, 4.69) is 4.74 Å². The maximum atomic E-state index is 15.5. The molecule has 7 nitrogen and oxygen atoms in total. The molecule has 35 heavy (non-hydrogen) atoms. The zero-order chi connectivity index (χ0) is 25.4. The topological polar surface area (TPSA) is 70.4 Å². The maximum absolute atomic E-state index is 15.5. The summed E-state index contributed by atoms with van der Waals surface area (Å²) in [7, 11) is 1.04. The van der Waals surface area contributed by atoms with E-state index in [4.69, 9.17) is 30.2 Å². The number of carbonyl (C=O) groups excluding carboxylic acids is 1. The molecule has 1 unspecified atom stereocenters. The predicted octanol–water partition coefficient (Wildman–Crippen LogP) is 4.84. The lowest BCUT2D eigenvalue weighted by Gasteiger charge is -2.40. The van der Waals surface area contributed by atoms with Gasteiger partial charge in [-0.25, -0.2) is 13.6 Å². The number of rotatable bonds is 7. The third-order valence-electron chi connectivity index (χ3n) is 6.02. The van der Waals surface area contributed by atoms with Crippen molar-refractivity contribution in [3.63, 3.8) is 0 Å². The van der Waals surface area contributed by atoms with Gasteiger partial charge in [0.25, 0.3) is 5.92 Å². The standard InChI is InChI=1S/C22H23ClF5NO6/c1-31-19(30)18-17(14-10-13(22(26,27)28)2-3-15(14)35-18)29(6-5-23)12-21(24,25)16-11-20(4-7-32-16)33-8-9-34-20/h2-3,10,16H,4-9,11-12H2,1H3. The quantitative estimate of drug-likeness (QED) is 0.290. The monoisotopic (exact) mass is 527 g/mol. The number of methoxy groups -OCH3 is 1. The zero-order valence-electron chi connectivity index (χ0n) is 18.6. The van der Waals surface area contributed by atoms with Gasteiger partial charge < -0.3 is 28.3 Å². The Morgan fingerprint density at radius 1 is 1.20 bits per heavy atom. The highest BCUT2D eigenvalue weighted by molar-refractivity contribution is 6.18. The van der Waals surface area contributed by atoms with Gasteiger partial charge >= 0.3 is 12.1 Å². The summed E-state index contributed by atoms with van der Waals surface area (Å²) in [6.45, 7) is -0.706. The summed E-state index contributed by atoms with van der Waals surface area (Å²) in [6, 6.07) is 2.54. The Balaban J connectivity index is 1.73. The third kappa shape index (κ3) is 5.20. The Labute approximate surface area is 202 Å². The van der Waals surface area contributed by atoms with Gasteiger partial charge in [-0.2, -0.15) is 13.2 Å². The number of ether oxygens (including phenoxy) is 4. The van der Waals surface area contributed by atoms with Crippen LogP contribution in [0.2, 0.25) is 0 Å². The van der Waals surface area contributed by atoms with Crippen LogP contribution >= 0.6 is 11.6 Å². The molecule has 1 atom stereocenters. The smallest absolute Gasteiger partial charge is 0.416 e. The normalized spacial score (nSPS) is 20.5. The molecule has 0 saturated carbocycles. The van der Waals surface area contributed by atoms with E-state index in [0.717, 1.165) is 30.2 Å². The highest BCUT2D eigenvalue weighted by Crippen LogP contribution is 2.42. The van der Waals surface area contributed by atoms with Crippen molar-refractivity contribution in [2.45, 2.75) is 36.8 Å². The van der Waals surface area contributed by atoms with Crippen LogP contribution < -0.4 is 4.90 Å². The highest BCUT2D eigenvalue weighted by Gasteiger charge is 2.52. The molecule has 0 bridgehead atoms. The largest absolute Gasteiger partial charge is 0.463 e. The van der Waals surface area contributed by atoms with Gasteiger partial charge in [-0.1, -0.05) is 0 Å². The van der Waals surface area contributed by atoms with E-state index in [-0.39, 0.29) is 55.3 Å². The predicted molar refractivity (Wildman–Crippen MR) is 114 cm³/mol. The molecule has 2 aromatic rings.